The largest absolute Gasteiger partial charge is 0.369 e. The number of ether oxygens (including phenoxy) is 1. The van der Waals surface area contributed by atoms with Gasteiger partial charge in [0.05, 0.1) is 6.61 Å². The van der Waals surface area contributed by atoms with Crippen LogP contribution in [-0.2, 0) is 9.53 Å². The van der Waals surface area contributed by atoms with E-state index in [2.05, 4.69) is 0 Å². The maximum absolute atomic E-state index is 10.7. The lowest BCUT2D eigenvalue weighted by atomic mass is 10.2. The second-order valence-corrected chi connectivity index (χ2v) is 2.08. The maximum Gasteiger partial charge on any atom is 0.216 e. The van der Waals surface area contributed by atoms with Gasteiger partial charge in [-0.2, -0.15) is 0 Å². The fourth-order valence-electron chi connectivity index (χ4n) is 0.537. The van der Waals surface area contributed by atoms with Gasteiger partial charge in [-0.1, -0.05) is 0 Å². The van der Waals surface area contributed by atoms with Crippen molar-refractivity contribution in [1.29, 1.82) is 0 Å². The number of hydrogen-bond acceptors (Lipinski definition) is 5. The van der Waals surface area contributed by atoms with Crippen LogP contribution in [0.5, 0.6) is 0 Å². The Bertz CT molecular complexity index is 126. The molecule has 5 heteroatoms. The van der Waals surface area contributed by atoms with E-state index < -0.39 is 18.2 Å². The minimum absolute atomic E-state index is 0.236. The van der Waals surface area contributed by atoms with E-state index >= 15 is 0 Å². The van der Waals surface area contributed by atoms with Crippen LogP contribution in [0.4, 0.5) is 0 Å². The first-order chi connectivity index (χ1) is 5.09. The molecule has 0 fully saturated rings. The number of rotatable bonds is 5. The van der Waals surface area contributed by atoms with E-state index in [9.17, 15) is 4.79 Å². The number of aliphatic hydroxyl groups excluding tert-OH is 1. The van der Waals surface area contributed by atoms with E-state index in [-0.39, 0.29) is 6.61 Å². The second kappa shape index (κ2) is 5.20. The molecule has 0 aromatic rings. The lowest BCUT2D eigenvalue weighted by Gasteiger charge is -2.11. The van der Waals surface area contributed by atoms with Crippen LogP contribution in [0.25, 0.3) is 0 Å². The van der Waals surface area contributed by atoms with Crippen molar-refractivity contribution in [2.24, 2.45) is 5.73 Å². The molecule has 1 atom stereocenters. The zero-order valence-electron chi connectivity index (χ0n) is 6.36. The van der Waals surface area contributed by atoms with Gasteiger partial charge in [-0.05, 0) is 6.92 Å². The van der Waals surface area contributed by atoms with Crippen LogP contribution in [0.3, 0.4) is 0 Å². The minimum Gasteiger partial charge on any atom is -0.369 e. The summed E-state index contributed by atoms with van der Waals surface area (Å²) < 4.78 is 4.82. The summed E-state index contributed by atoms with van der Waals surface area (Å²) in [5.74, 6) is -0.751. The zero-order valence-corrected chi connectivity index (χ0v) is 6.36. The van der Waals surface area contributed by atoms with Gasteiger partial charge >= 0.3 is 0 Å². The molecule has 0 saturated heterocycles. The van der Waals surface area contributed by atoms with E-state index in [1.54, 1.807) is 0 Å². The van der Waals surface area contributed by atoms with Crippen molar-refractivity contribution in [3.05, 3.63) is 0 Å². The SMILES string of the molecule is CC(OCCN)C(=O)C(O)O. The number of Topliss-reactive ketones (excluding diaryl/α,β-unsaturated/α-hetero) is 1. The van der Waals surface area contributed by atoms with E-state index in [1.807, 2.05) is 0 Å². The summed E-state index contributed by atoms with van der Waals surface area (Å²) in [7, 11) is 0. The van der Waals surface area contributed by atoms with Crippen LogP contribution in [0.2, 0.25) is 0 Å². The third kappa shape index (κ3) is 4.05. The van der Waals surface area contributed by atoms with E-state index in [4.69, 9.17) is 20.7 Å². The number of hydrogen-bond donors (Lipinski definition) is 3. The van der Waals surface area contributed by atoms with Gasteiger partial charge in [0.15, 0.2) is 0 Å². The molecule has 0 aromatic heterocycles. The Morgan fingerprint density at radius 1 is 1.64 bits per heavy atom. The van der Waals surface area contributed by atoms with Crippen molar-refractivity contribution >= 4 is 5.78 Å². The number of carbonyl (C=O) groups is 1. The molecule has 5 nitrogen and oxygen atoms in total. The van der Waals surface area contributed by atoms with Crippen LogP contribution < -0.4 is 5.73 Å². The molecule has 0 amide bonds. The highest BCUT2D eigenvalue weighted by atomic mass is 16.5. The van der Waals surface area contributed by atoms with E-state index in [0.717, 1.165) is 0 Å². The van der Waals surface area contributed by atoms with E-state index in [1.165, 1.54) is 6.92 Å². The van der Waals surface area contributed by atoms with Crippen LogP contribution in [0.15, 0.2) is 0 Å². The molecule has 0 radical (unpaired) electrons. The molecule has 0 aliphatic carbocycles. The van der Waals surface area contributed by atoms with Crippen molar-refractivity contribution in [2.45, 2.75) is 19.3 Å². The highest BCUT2D eigenvalue weighted by Gasteiger charge is 2.19. The third-order valence-corrected chi connectivity index (χ3v) is 1.14. The fourth-order valence-corrected chi connectivity index (χ4v) is 0.537. The quantitative estimate of drug-likeness (QED) is 0.417. The number of aliphatic hydroxyl groups is 2. The molecule has 0 aliphatic rings. The Morgan fingerprint density at radius 3 is 2.55 bits per heavy atom. The average molecular weight is 163 g/mol. The van der Waals surface area contributed by atoms with Gasteiger partial charge in [-0.25, -0.2) is 0 Å². The van der Waals surface area contributed by atoms with Gasteiger partial charge < -0.3 is 20.7 Å². The molecule has 0 aliphatic heterocycles. The van der Waals surface area contributed by atoms with Crippen molar-refractivity contribution in [1.82, 2.24) is 0 Å². The van der Waals surface area contributed by atoms with Gasteiger partial charge in [-0.15, -0.1) is 0 Å². The number of carbonyl (C=O) groups excluding carboxylic acids is 1. The van der Waals surface area contributed by atoms with Gasteiger partial charge in [-0.3, -0.25) is 4.79 Å². The molecule has 1 unspecified atom stereocenters. The molecular weight excluding hydrogens is 150 g/mol. The van der Waals surface area contributed by atoms with Crippen molar-refractivity contribution in [3.63, 3.8) is 0 Å². The molecule has 11 heavy (non-hydrogen) atoms. The molecule has 0 rings (SSSR count). The highest BCUT2D eigenvalue weighted by Crippen LogP contribution is 1.94. The van der Waals surface area contributed by atoms with Crippen LogP contribution in [-0.4, -0.2) is 41.5 Å². The predicted molar refractivity (Wildman–Crippen MR) is 37.7 cm³/mol. The second-order valence-electron chi connectivity index (χ2n) is 2.08. The average Bonchev–Trinajstić information content (AvgIpc) is 1.98. The van der Waals surface area contributed by atoms with Crippen LogP contribution in [0.1, 0.15) is 6.92 Å². The van der Waals surface area contributed by atoms with Crippen LogP contribution >= 0.6 is 0 Å². The van der Waals surface area contributed by atoms with Gasteiger partial charge in [0.2, 0.25) is 12.1 Å². The Labute approximate surface area is 64.8 Å². The van der Waals surface area contributed by atoms with Crippen molar-refractivity contribution < 1.29 is 19.7 Å². The standard InChI is InChI=1S/C6H13NO4/c1-4(11-3-2-7)5(8)6(9)10/h4,6,9-10H,2-3,7H2,1H3. The van der Waals surface area contributed by atoms with Crippen LogP contribution in [0, 0.1) is 0 Å². The lowest BCUT2D eigenvalue weighted by Crippen LogP contribution is -2.32. The first-order valence-electron chi connectivity index (χ1n) is 3.31. The lowest BCUT2D eigenvalue weighted by molar-refractivity contribution is -0.155. The summed E-state index contributed by atoms with van der Waals surface area (Å²) in [6.07, 6.45) is -2.76. The number of ketones is 1. The summed E-state index contributed by atoms with van der Waals surface area (Å²) in [4.78, 5) is 10.7. The first kappa shape index (κ1) is 10.5. The highest BCUT2D eigenvalue weighted by molar-refractivity contribution is 5.85. The third-order valence-electron chi connectivity index (χ3n) is 1.14. The molecule has 0 bridgehead atoms. The first-order valence-corrected chi connectivity index (χ1v) is 3.31. The predicted octanol–water partition coefficient (Wildman–Crippen LogP) is -1.77. The molecule has 0 aromatic carbocycles. The normalized spacial score (nSPS) is 13.5. The fraction of sp³-hybridized carbons (Fsp3) is 0.833. The van der Waals surface area contributed by atoms with Gasteiger partial charge in [0, 0.05) is 6.54 Å². The maximum atomic E-state index is 10.7. The minimum atomic E-state index is -1.96. The summed E-state index contributed by atoms with van der Waals surface area (Å²) >= 11 is 0. The van der Waals surface area contributed by atoms with E-state index in [0.29, 0.717) is 6.54 Å². The molecule has 66 valence electrons. The summed E-state index contributed by atoms with van der Waals surface area (Å²) in [6.45, 7) is 1.98. The molecule has 0 spiro atoms. The Morgan fingerprint density at radius 2 is 2.18 bits per heavy atom. The Hall–Kier alpha value is -0.490. The Kier molecular flexibility index (Phi) is 4.97. The molecular formula is C6H13NO4. The summed E-state index contributed by atoms with van der Waals surface area (Å²) in [5.41, 5.74) is 5.09. The molecule has 0 heterocycles. The molecule has 0 saturated carbocycles. The summed E-state index contributed by atoms with van der Waals surface area (Å²) in [5, 5.41) is 16.8. The summed E-state index contributed by atoms with van der Waals surface area (Å²) in [6, 6.07) is 0. The topological polar surface area (TPSA) is 92.8 Å². The smallest absolute Gasteiger partial charge is 0.216 e. The number of nitrogens with two attached hydrogens (primary N) is 1. The van der Waals surface area contributed by atoms with Gasteiger partial charge in [0.1, 0.15) is 6.10 Å². The van der Waals surface area contributed by atoms with Gasteiger partial charge in [0.25, 0.3) is 0 Å². The zero-order chi connectivity index (χ0) is 8.85. The molecule has 4 N–H and O–H groups in total. The van der Waals surface area contributed by atoms with Crippen molar-refractivity contribution in [3.8, 4) is 0 Å². The van der Waals surface area contributed by atoms with Crippen molar-refractivity contribution in [2.75, 3.05) is 13.2 Å². The monoisotopic (exact) mass is 163 g/mol. The Balaban J connectivity index is 3.64.